The molecule has 2 bridgehead atoms. The minimum Gasteiger partial charge on any atom is -0.497 e. The van der Waals surface area contributed by atoms with Gasteiger partial charge in [0.25, 0.3) is 0 Å². The highest BCUT2D eigenvalue weighted by atomic mass is 16.5. The molecule has 0 amide bonds. The van der Waals surface area contributed by atoms with Crippen molar-refractivity contribution in [1.29, 1.82) is 0 Å². The van der Waals surface area contributed by atoms with Gasteiger partial charge in [-0.3, -0.25) is 0 Å². The Bertz CT molecular complexity index is 409. The first-order valence-electron chi connectivity index (χ1n) is 4.85. The van der Waals surface area contributed by atoms with Gasteiger partial charge in [-0.1, -0.05) is 18.2 Å². The van der Waals surface area contributed by atoms with E-state index in [1.165, 1.54) is 11.1 Å². The van der Waals surface area contributed by atoms with E-state index in [0.717, 1.165) is 5.75 Å². The number of rotatable bonds is 1. The molecule has 0 saturated carbocycles. The molecule has 0 aliphatic heterocycles. The maximum absolute atomic E-state index is 9.91. The zero-order valence-corrected chi connectivity index (χ0v) is 7.97. The molecule has 0 aromatic heterocycles. The van der Waals surface area contributed by atoms with Crippen molar-refractivity contribution in [1.82, 2.24) is 0 Å². The van der Waals surface area contributed by atoms with Gasteiger partial charge in [-0.25, -0.2) is 0 Å². The van der Waals surface area contributed by atoms with E-state index < -0.39 is 0 Å². The predicted octanol–water partition coefficient (Wildman–Crippen LogP) is 1.81. The van der Waals surface area contributed by atoms with Crippen molar-refractivity contribution in [2.45, 2.75) is 17.9 Å². The second kappa shape index (κ2) is 2.61. The molecule has 3 atom stereocenters. The van der Waals surface area contributed by atoms with Crippen LogP contribution in [0.4, 0.5) is 0 Å². The van der Waals surface area contributed by atoms with Crippen LogP contribution in [0.2, 0.25) is 0 Å². The third-order valence-electron chi connectivity index (χ3n) is 3.27. The molecule has 2 aliphatic carbocycles. The largest absolute Gasteiger partial charge is 0.497 e. The molecule has 2 heteroatoms. The summed E-state index contributed by atoms with van der Waals surface area (Å²) in [7, 11) is 1.67. The molecule has 0 unspecified atom stereocenters. The maximum Gasteiger partial charge on any atom is 0.119 e. The van der Waals surface area contributed by atoms with Gasteiger partial charge in [-0.05, 0) is 23.3 Å². The van der Waals surface area contributed by atoms with Gasteiger partial charge in [0.2, 0.25) is 0 Å². The number of benzene rings is 1. The fourth-order valence-corrected chi connectivity index (χ4v) is 2.54. The number of fused-ring (bicyclic) bond motifs is 5. The number of hydrogen-bond donors (Lipinski definition) is 1. The van der Waals surface area contributed by atoms with Crippen LogP contribution in [-0.4, -0.2) is 18.3 Å². The van der Waals surface area contributed by atoms with Gasteiger partial charge in [0.1, 0.15) is 5.75 Å². The van der Waals surface area contributed by atoms with Crippen molar-refractivity contribution < 1.29 is 9.84 Å². The van der Waals surface area contributed by atoms with Crippen LogP contribution in [0.25, 0.3) is 0 Å². The Labute approximate surface area is 82.8 Å². The molecule has 0 radical (unpaired) electrons. The number of aliphatic hydroxyl groups excluding tert-OH is 1. The van der Waals surface area contributed by atoms with Crippen LogP contribution >= 0.6 is 0 Å². The van der Waals surface area contributed by atoms with E-state index in [0.29, 0.717) is 0 Å². The van der Waals surface area contributed by atoms with E-state index in [9.17, 15) is 5.11 Å². The first kappa shape index (κ1) is 8.06. The summed E-state index contributed by atoms with van der Waals surface area (Å²) >= 11 is 0. The quantitative estimate of drug-likeness (QED) is 0.681. The first-order valence-corrected chi connectivity index (χ1v) is 4.85. The van der Waals surface area contributed by atoms with E-state index in [4.69, 9.17) is 4.74 Å². The Morgan fingerprint density at radius 3 is 2.57 bits per heavy atom. The fourth-order valence-electron chi connectivity index (χ4n) is 2.54. The Morgan fingerprint density at radius 1 is 1.14 bits per heavy atom. The number of hydrogen-bond acceptors (Lipinski definition) is 2. The molecule has 2 nitrogen and oxygen atoms in total. The third kappa shape index (κ3) is 0.840. The Balaban J connectivity index is 2.14. The molecule has 0 saturated heterocycles. The third-order valence-corrected chi connectivity index (χ3v) is 3.27. The summed E-state index contributed by atoms with van der Waals surface area (Å²) in [6.45, 7) is 0. The van der Waals surface area contributed by atoms with Crippen LogP contribution in [0, 0.1) is 0 Å². The van der Waals surface area contributed by atoms with Crippen LogP contribution < -0.4 is 4.74 Å². The second-order valence-electron chi connectivity index (χ2n) is 3.92. The summed E-state index contributed by atoms with van der Waals surface area (Å²) < 4.78 is 5.18. The lowest BCUT2D eigenvalue weighted by Crippen LogP contribution is -2.09. The molecule has 72 valence electrons. The van der Waals surface area contributed by atoms with E-state index in [1.54, 1.807) is 7.11 Å². The standard InChI is InChI=1S/C12H12O2/c1-14-7-2-3-8-9-4-5-10(12(9)13)11(8)6-7/h2-6,9-10,12-13H,1H3/t9-,10+,12-/m1/s1. The smallest absolute Gasteiger partial charge is 0.119 e. The Morgan fingerprint density at radius 2 is 1.86 bits per heavy atom. The van der Waals surface area contributed by atoms with Crippen LogP contribution in [0.1, 0.15) is 23.0 Å². The molecule has 1 N–H and O–H groups in total. The summed E-state index contributed by atoms with van der Waals surface area (Å²) in [4.78, 5) is 0. The fraction of sp³-hybridized carbons (Fsp3) is 0.333. The summed E-state index contributed by atoms with van der Waals surface area (Å²) in [5.41, 5.74) is 2.48. The predicted molar refractivity (Wildman–Crippen MR) is 53.6 cm³/mol. The minimum atomic E-state index is -0.253. The van der Waals surface area contributed by atoms with E-state index in [-0.39, 0.29) is 17.9 Å². The molecular weight excluding hydrogens is 176 g/mol. The summed E-state index contributed by atoms with van der Waals surface area (Å²) in [5.74, 6) is 1.27. The van der Waals surface area contributed by atoms with Crippen molar-refractivity contribution >= 4 is 0 Å². The Hall–Kier alpha value is -1.28. The molecule has 2 aliphatic rings. The Kier molecular flexibility index (Phi) is 1.50. The van der Waals surface area contributed by atoms with Crippen LogP contribution in [0.3, 0.4) is 0 Å². The van der Waals surface area contributed by atoms with Crippen molar-refractivity contribution in [3.63, 3.8) is 0 Å². The molecule has 0 spiro atoms. The van der Waals surface area contributed by atoms with Crippen molar-refractivity contribution in [2.75, 3.05) is 7.11 Å². The number of methoxy groups -OCH3 is 1. The molecule has 1 aromatic carbocycles. The second-order valence-corrected chi connectivity index (χ2v) is 3.92. The van der Waals surface area contributed by atoms with Crippen molar-refractivity contribution in [3.05, 3.63) is 41.5 Å². The molecular formula is C12H12O2. The number of aliphatic hydroxyl groups is 1. The normalized spacial score (nSPS) is 32.0. The highest BCUT2D eigenvalue weighted by Gasteiger charge is 2.41. The van der Waals surface area contributed by atoms with Crippen molar-refractivity contribution in [2.24, 2.45) is 0 Å². The topological polar surface area (TPSA) is 29.5 Å². The van der Waals surface area contributed by atoms with Gasteiger partial charge in [-0.15, -0.1) is 0 Å². The van der Waals surface area contributed by atoms with Gasteiger partial charge in [0.15, 0.2) is 0 Å². The van der Waals surface area contributed by atoms with E-state index >= 15 is 0 Å². The molecule has 14 heavy (non-hydrogen) atoms. The molecule has 0 heterocycles. The molecule has 0 fully saturated rings. The number of ether oxygens (including phenoxy) is 1. The lowest BCUT2D eigenvalue weighted by atomic mass is 9.97. The maximum atomic E-state index is 9.91. The van der Waals surface area contributed by atoms with Crippen LogP contribution in [0.5, 0.6) is 5.75 Å². The molecule has 1 aromatic rings. The van der Waals surface area contributed by atoms with Crippen LogP contribution in [-0.2, 0) is 0 Å². The first-order chi connectivity index (χ1) is 6.81. The van der Waals surface area contributed by atoms with E-state index in [2.05, 4.69) is 18.2 Å². The van der Waals surface area contributed by atoms with Gasteiger partial charge >= 0.3 is 0 Å². The average molecular weight is 188 g/mol. The molecule has 3 rings (SSSR count). The van der Waals surface area contributed by atoms with Gasteiger partial charge in [0.05, 0.1) is 13.2 Å². The summed E-state index contributed by atoms with van der Waals surface area (Å²) in [6.07, 6.45) is 3.94. The lowest BCUT2D eigenvalue weighted by molar-refractivity contribution is 0.167. The van der Waals surface area contributed by atoms with Crippen LogP contribution in [0.15, 0.2) is 30.4 Å². The zero-order chi connectivity index (χ0) is 9.71. The highest BCUT2D eigenvalue weighted by Crippen LogP contribution is 2.49. The zero-order valence-electron chi connectivity index (χ0n) is 7.97. The van der Waals surface area contributed by atoms with E-state index in [1.807, 2.05) is 12.1 Å². The monoisotopic (exact) mass is 188 g/mol. The summed E-state index contributed by atoms with van der Waals surface area (Å²) in [6, 6.07) is 6.05. The SMILES string of the molecule is COc1ccc2c(c1)[C@@H]1C=C[C@H]2[C@H]1O. The average Bonchev–Trinajstić information content (AvgIpc) is 2.72. The van der Waals surface area contributed by atoms with Gasteiger partial charge in [-0.2, -0.15) is 0 Å². The highest BCUT2D eigenvalue weighted by molar-refractivity contribution is 5.52. The van der Waals surface area contributed by atoms with Gasteiger partial charge in [0, 0.05) is 11.8 Å². The minimum absolute atomic E-state index is 0.185. The van der Waals surface area contributed by atoms with Gasteiger partial charge < -0.3 is 9.84 Å². The van der Waals surface area contributed by atoms with Crippen molar-refractivity contribution in [3.8, 4) is 5.75 Å². The summed E-state index contributed by atoms with van der Waals surface area (Å²) in [5, 5.41) is 9.91. The lowest BCUT2D eigenvalue weighted by Gasteiger charge is -2.10.